The van der Waals surface area contributed by atoms with E-state index < -0.39 is 11.9 Å². The van der Waals surface area contributed by atoms with Crippen molar-refractivity contribution in [3.8, 4) is 0 Å². The maximum atomic E-state index is 11.8. The third-order valence-electron chi connectivity index (χ3n) is 4.63. The molecule has 0 saturated heterocycles. The van der Waals surface area contributed by atoms with Crippen molar-refractivity contribution in [1.82, 2.24) is 0 Å². The van der Waals surface area contributed by atoms with Gasteiger partial charge in [0.25, 0.3) is 0 Å². The van der Waals surface area contributed by atoms with E-state index in [1.807, 2.05) is 13.8 Å². The molecule has 4 nitrogen and oxygen atoms in total. The lowest BCUT2D eigenvalue weighted by molar-refractivity contribution is -0.265. The minimum atomic E-state index is -0.417. The summed E-state index contributed by atoms with van der Waals surface area (Å²) in [5, 5.41) is 0. The average Bonchev–Trinajstić information content (AvgIpc) is 2.66. The molecule has 2 atom stereocenters. The van der Waals surface area contributed by atoms with E-state index in [-0.39, 0.29) is 11.8 Å². The molecule has 0 rings (SSSR count). The molecule has 0 aliphatic carbocycles. The quantitative estimate of drug-likeness (QED) is 0.198. The number of carbonyl (C=O) groups excluding carboxylic acids is 2. The summed E-state index contributed by atoms with van der Waals surface area (Å²) in [6.07, 6.45) is 12.6. The maximum Gasteiger partial charge on any atom is 0.358 e. The molecule has 0 N–H and O–H groups in total. The van der Waals surface area contributed by atoms with E-state index >= 15 is 0 Å². The zero-order valence-corrected chi connectivity index (χ0v) is 18.3. The largest absolute Gasteiger partial charge is 0.358 e. The molecule has 0 bridgehead atoms. The first-order chi connectivity index (χ1) is 12.5. The molecule has 0 spiro atoms. The molecule has 0 saturated carbocycles. The minimum Gasteiger partial charge on any atom is -0.247 e. The van der Waals surface area contributed by atoms with Gasteiger partial charge in [-0.3, -0.25) is 0 Å². The molecule has 0 heterocycles. The van der Waals surface area contributed by atoms with E-state index in [1.165, 1.54) is 25.7 Å². The summed E-state index contributed by atoms with van der Waals surface area (Å²) in [6.45, 7) is 12.5. The van der Waals surface area contributed by atoms with Crippen LogP contribution < -0.4 is 0 Å². The van der Waals surface area contributed by atoms with Gasteiger partial charge in [0.15, 0.2) is 0 Å². The van der Waals surface area contributed by atoms with Crippen LogP contribution >= 0.6 is 0 Å². The van der Waals surface area contributed by atoms with E-state index in [2.05, 4.69) is 27.7 Å². The fraction of sp³-hybridized carbons (Fsp3) is 0.909. The van der Waals surface area contributed by atoms with Gasteiger partial charge in [-0.25, -0.2) is 19.4 Å². The van der Waals surface area contributed by atoms with Gasteiger partial charge >= 0.3 is 11.9 Å². The summed E-state index contributed by atoms with van der Waals surface area (Å²) < 4.78 is 0. The van der Waals surface area contributed by atoms with Crippen LogP contribution in [0.15, 0.2) is 0 Å². The van der Waals surface area contributed by atoms with Gasteiger partial charge in [-0.1, -0.05) is 92.9 Å². The van der Waals surface area contributed by atoms with Crippen molar-refractivity contribution in [3.63, 3.8) is 0 Å². The van der Waals surface area contributed by atoms with E-state index in [0.717, 1.165) is 38.5 Å². The fourth-order valence-electron chi connectivity index (χ4n) is 2.60. The second-order valence-corrected chi connectivity index (χ2v) is 7.01. The monoisotopic (exact) mass is 372 g/mol. The molecule has 0 radical (unpaired) electrons. The van der Waals surface area contributed by atoms with Gasteiger partial charge in [-0.15, -0.1) is 0 Å². The summed E-state index contributed by atoms with van der Waals surface area (Å²) >= 11 is 0. The van der Waals surface area contributed by atoms with E-state index in [0.29, 0.717) is 12.8 Å². The van der Waals surface area contributed by atoms with Crippen molar-refractivity contribution < 1.29 is 19.4 Å². The molecular formula is C22H44O4. The smallest absolute Gasteiger partial charge is 0.247 e. The second-order valence-electron chi connectivity index (χ2n) is 7.01. The van der Waals surface area contributed by atoms with Gasteiger partial charge in [-0.05, 0) is 25.7 Å². The molecule has 0 aromatic carbocycles. The SMILES string of the molecule is CCCCC(CC)C(=O)OOC(=O)C(CC)CCCC.CCCCCC. The molecule has 0 aliphatic heterocycles. The van der Waals surface area contributed by atoms with Gasteiger partial charge in [0.2, 0.25) is 0 Å². The third-order valence-corrected chi connectivity index (χ3v) is 4.63. The minimum absolute atomic E-state index is 0.168. The first-order valence-electron chi connectivity index (χ1n) is 10.9. The summed E-state index contributed by atoms with van der Waals surface area (Å²) in [4.78, 5) is 33.1. The molecule has 0 aromatic heterocycles. The Hall–Kier alpha value is -1.06. The molecule has 0 amide bonds. The number of hydrogen-bond acceptors (Lipinski definition) is 4. The van der Waals surface area contributed by atoms with Crippen LogP contribution in [0.1, 0.15) is 119 Å². The highest BCUT2D eigenvalue weighted by molar-refractivity contribution is 5.75. The van der Waals surface area contributed by atoms with Gasteiger partial charge in [-0.2, -0.15) is 0 Å². The number of unbranched alkanes of at least 4 members (excludes halogenated alkanes) is 5. The number of hydrogen-bond donors (Lipinski definition) is 0. The molecule has 2 unspecified atom stereocenters. The predicted octanol–water partition coefficient (Wildman–Crippen LogP) is 7.01. The van der Waals surface area contributed by atoms with Crippen molar-refractivity contribution >= 4 is 11.9 Å². The molecule has 26 heavy (non-hydrogen) atoms. The maximum absolute atomic E-state index is 11.8. The summed E-state index contributed by atoms with van der Waals surface area (Å²) in [5.74, 6) is -1.17. The molecule has 0 aliphatic rings. The van der Waals surface area contributed by atoms with Gasteiger partial charge < -0.3 is 0 Å². The molecule has 4 heteroatoms. The van der Waals surface area contributed by atoms with Crippen LogP contribution in [0.4, 0.5) is 0 Å². The van der Waals surface area contributed by atoms with Gasteiger partial charge in [0, 0.05) is 0 Å². The Balaban J connectivity index is 0. The van der Waals surface area contributed by atoms with Gasteiger partial charge in [0.1, 0.15) is 0 Å². The van der Waals surface area contributed by atoms with Crippen molar-refractivity contribution in [3.05, 3.63) is 0 Å². The van der Waals surface area contributed by atoms with E-state index in [9.17, 15) is 9.59 Å². The summed E-state index contributed by atoms with van der Waals surface area (Å²) in [5.41, 5.74) is 0. The van der Waals surface area contributed by atoms with Crippen LogP contribution in [0.25, 0.3) is 0 Å². The molecule has 0 aromatic rings. The highest BCUT2D eigenvalue weighted by Crippen LogP contribution is 2.17. The predicted molar refractivity (Wildman–Crippen MR) is 109 cm³/mol. The molecular weight excluding hydrogens is 328 g/mol. The topological polar surface area (TPSA) is 52.6 Å². The Labute approximate surface area is 162 Å². The first-order valence-corrected chi connectivity index (χ1v) is 10.9. The number of carbonyl (C=O) groups is 2. The lowest BCUT2D eigenvalue weighted by atomic mass is 10.00. The van der Waals surface area contributed by atoms with Gasteiger partial charge in [0.05, 0.1) is 11.8 Å². The van der Waals surface area contributed by atoms with Crippen molar-refractivity contribution in [1.29, 1.82) is 0 Å². The Morgan fingerprint density at radius 2 is 0.885 bits per heavy atom. The van der Waals surface area contributed by atoms with E-state index in [1.54, 1.807) is 0 Å². The third kappa shape index (κ3) is 15.2. The Kier molecular flexibility index (Phi) is 21.2. The second kappa shape index (κ2) is 20.3. The van der Waals surface area contributed by atoms with Crippen LogP contribution in [0.2, 0.25) is 0 Å². The van der Waals surface area contributed by atoms with Crippen molar-refractivity contribution in [2.75, 3.05) is 0 Å². The first kappa shape index (κ1) is 27.2. The summed E-state index contributed by atoms with van der Waals surface area (Å²) in [6, 6.07) is 0. The van der Waals surface area contributed by atoms with E-state index in [4.69, 9.17) is 9.78 Å². The zero-order chi connectivity index (χ0) is 20.2. The Morgan fingerprint density at radius 3 is 1.12 bits per heavy atom. The van der Waals surface area contributed by atoms with Crippen LogP contribution in [0.3, 0.4) is 0 Å². The highest BCUT2D eigenvalue weighted by atomic mass is 17.2. The molecule has 156 valence electrons. The van der Waals surface area contributed by atoms with Crippen molar-refractivity contribution in [2.24, 2.45) is 11.8 Å². The number of rotatable bonds is 13. The fourth-order valence-corrected chi connectivity index (χ4v) is 2.60. The van der Waals surface area contributed by atoms with Crippen LogP contribution in [0.5, 0.6) is 0 Å². The van der Waals surface area contributed by atoms with Crippen LogP contribution in [0, 0.1) is 11.8 Å². The highest BCUT2D eigenvalue weighted by Gasteiger charge is 2.23. The normalized spacial score (nSPS) is 12.5. The zero-order valence-electron chi connectivity index (χ0n) is 18.3. The average molecular weight is 373 g/mol. The molecule has 0 fully saturated rings. The standard InChI is InChI=1S/C16H30O4.C6H14/c1-5-9-11-13(7-3)15(17)19-20-16(18)14(8-4)12-10-6-2;1-3-5-6-4-2/h13-14H,5-12H2,1-4H3;3-6H2,1-2H3. The van der Waals surface area contributed by atoms with Crippen molar-refractivity contribution in [2.45, 2.75) is 119 Å². The Morgan fingerprint density at radius 1 is 0.577 bits per heavy atom. The lowest BCUT2D eigenvalue weighted by Crippen LogP contribution is -2.23. The lowest BCUT2D eigenvalue weighted by Gasteiger charge is -2.14. The summed E-state index contributed by atoms with van der Waals surface area (Å²) in [7, 11) is 0. The Bertz CT molecular complexity index is 296. The van der Waals surface area contributed by atoms with Crippen LogP contribution in [-0.2, 0) is 19.4 Å². The van der Waals surface area contributed by atoms with Crippen LogP contribution in [-0.4, -0.2) is 11.9 Å².